The second-order valence-corrected chi connectivity index (χ2v) is 6.16. The van der Waals surface area contributed by atoms with E-state index in [4.69, 9.17) is 0 Å². The van der Waals surface area contributed by atoms with Crippen LogP contribution in [0.5, 0.6) is 0 Å². The SMILES string of the molecule is CC(C)N1CCN(C(=O)/C=C/c2ccccc2Br)CC1. The van der Waals surface area contributed by atoms with E-state index in [0.717, 1.165) is 36.2 Å². The van der Waals surface area contributed by atoms with Gasteiger partial charge in [0, 0.05) is 42.8 Å². The molecule has 1 heterocycles. The van der Waals surface area contributed by atoms with E-state index < -0.39 is 0 Å². The smallest absolute Gasteiger partial charge is 0.246 e. The number of nitrogens with zero attached hydrogens (tertiary/aromatic N) is 2. The van der Waals surface area contributed by atoms with E-state index in [1.165, 1.54) is 0 Å². The first-order valence-electron chi connectivity index (χ1n) is 7.03. The molecule has 2 rings (SSSR count). The average molecular weight is 337 g/mol. The molecule has 1 aliphatic rings. The van der Waals surface area contributed by atoms with Gasteiger partial charge < -0.3 is 4.90 Å². The van der Waals surface area contributed by atoms with Crippen LogP contribution in [0.15, 0.2) is 34.8 Å². The predicted octanol–water partition coefficient (Wildman–Crippen LogP) is 3.01. The molecule has 0 N–H and O–H groups in total. The van der Waals surface area contributed by atoms with E-state index in [2.05, 4.69) is 34.7 Å². The van der Waals surface area contributed by atoms with Crippen molar-refractivity contribution in [2.45, 2.75) is 19.9 Å². The molecule has 1 fully saturated rings. The molecule has 0 bridgehead atoms. The fraction of sp³-hybridized carbons (Fsp3) is 0.438. The summed E-state index contributed by atoms with van der Waals surface area (Å²) in [6, 6.07) is 8.46. The van der Waals surface area contributed by atoms with Crippen molar-refractivity contribution >= 4 is 27.9 Å². The summed E-state index contributed by atoms with van der Waals surface area (Å²) >= 11 is 3.48. The van der Waals surface area contributed by atoms with Crippen LogP contribution in [-0.4, -0.2) is 47.9 Å². The Hall–Kier alpha value is -1.13. The molecule has 0 atom stereocenters. The molecule has 0 spiro atoms. The summed E-state index contributed by atoms with van der Waals surface area (Å²) in [5.41, 5.74) is 1.03. The summed E-state index contributed by atoms with van der Waals surface area (Å²) in [5, 5.41) is 0. The second-order valence-electron chi connectivity index (χ2n) is 5.31. The summed E-state index contributed by atoms with van der Waals surface area (Å²) in [4.78, 5) is 16.5. The van der Waals surface area contributed by atoms with Crippen molar-refractivity contribution in [1.82, 2.24) is 9.80 Å². The number of carbonyl (C=O) groups is 1. The van der Waals surface area contributed by atoms with Crippen LogP contribution in [0.1, 0.15) is 19.4 Å². The van der Waals surface area contributed by atoms with Crippen LogP contribution in [-0.2, 0) is 4.79 Å². The van der Waals surface area contributed by atoms with Crippen LogP contribution >= 0.6 is 15.9 Å². The van der Waals surface area contributed by atoms with E-state index in [1.54, 1.807) is 6.08 Å². The largest absolute Gasteiger partial charge is 0.337 e. The molecule has 0 saturated carbocycles. The number of rotatable bonds is 3. The highest BCUT2D eigenvalue weighted by Crippen LogP contribution is 2.17. The van der Waals surface area contributed by atoms with Gasteiger partial charge in [0.1, 0.15) is 0 Å². The third-order valence-electron chi connectivity index (χ3n) is 3.67. The number of piperazine rings is 1. The lowest BCUT2D eigenvalue weighted by Gasteiger charge is -2.36. The number of hydrogen-bond acceptors (Lipinski definition) is 2. The molecule has 0 radical (unpaired) electrons. The molecule has 0 aliphatic carbocycles. The first-order chi connectivity index (χ1) is 9.58. The van der Waals surface area contributed by atoms with Crippen LogP contribution < -0.4 is 0 Å². The molecule has 1 amide bonds. The van der Waals surface area contributed by atoms with Crippen molar-refractivity contribution in [3.63, 3.8) is 0 Å². The van der Waals surface area contributed by atoms with Gasteiger partial charge in [0.25, 0.3) is 0 Å². The maximum absolute atomic E-state index is 12.2. The normalized spacial score (nSPS) is 17.1. The Balaban J connectivity index is 1.92. The highest BCUT2D eigenvalue weighted by molar-refractivity contribution is 9.10. The lowest BCUT2D eigenvalue weighted by atomic mass is 10.2. The summed E-state index contributed by atoms with van der Waals surface area (Å²) < 4.78 is 1.01. The highest BCUT2D eigenvalue weighted by atomic mass is 79.9. The van der Waals surface area contributed by atoms with Crippen LogP contribution in [0.25, 0.3) is 6.08 Å². The van der Waals surface area contributed by atoms with Crippen molar-refractivity contribution in [2.24, 2.45) is 0 Å². The maximum atomic E-state index is 12.2. The zero-order chi connectivity index (χ0) is 14.5. The number of amides is 1. The monoisotopic (exact) mass is 336 g/mol. The third kappa shape index (κ3) is 3.93. The molecule has 1 aromatic rings. The molecule has 1 aliphatic heterocycles. The van der Waals surface area contributed by atoms with Gasteiger partial charge in [0.05, 0.1) is 0 Å². The zero-order valence-corrected chi connectivity index (χ0v) is 13.6. The second kappa shape index (κ2) is 7.04. The van der Waals surface area contributed by atoms with Crippen molar-refractivity contribution < 1.29 is 4.79 Å². The Bertz CT molecular complexity index is 491. The molecule has 0 unspecified atom stereocenters. The minimum absolute atomic E-state index is 0.101. The Labute approximate surface area is 129 Å². The van der Waals surface area contributed by atoms with Crippen molar-refractivity contribution in [2.75, 3.05) is 26.2 Å². The van der Waals surface area contributed by atoms with Gasteiger partial charge in [0.15, 0.2) is 0 Å². The standard InChI is InChI=1S/C16H21BrN2O/c1-13(2)18-9-11-19(12-10-18)16(20)8-7-14-5-3-4-6-15(14)17/h3-8,13H,9-12H2,1-2H3/b8-7+. The number of carbonyl (C=O) groups excluding carboxylic acids is 1. The topological polar surface area (TPSA) is 23.6 Å². The number of benzene rings is 1. The molecular formula is C16H21BrN2O. The van der Waals surface area contributed by atoms with Crippen molar-refractivity contribution in [1.29, 1.82) is 0 Å². The Morgan fingerprint density at radius 3 is 2.45 bits per heavy atom. The van der Waals surface area contributed by atoms with Gasteiger partial charge in [-0.05, 0) is 31.6 Å². The summed E-state index contributed by atoms with van der Waals surface area (Å²) in [6.07, 6.45) is 3.55. The molecular weight excluding hydrogens is 316 g/mol. The van der Waals surface area contributed by atoms with Crippen LogP contribution in [0.2, 0.25) is 0 Å². The van der Waals surface area contributed by atoms with Crippen molar-refractivity contribution in [3.05, 3.63) is 40.4 Å². The first-order valence-corrected chi connectivity index (χ1v) is 7.83. The molecule has 1 aromatic carbocycles. The number of halogens is 1. The predicted molar refractivity (Wildman–Crippen MR) is 86.5 cm³/mol. The summed E-state index contributed by atoms with van der Waals surface area (Å²) in [7, 11) is 0. The zero-order valence-electron chi connectivity index (χ0n) is 12.1. The fourth-order valence-corrected chi connectivity index (χ4v) is 2.75. The molecule has 20 heavy (non-hydrogen) atoms. The molecule has 3 nitrogen and oxygen atoms in total. The lowest BCUT2D eigenvalue weighted by Crippen LogP contribution is -2.50. The minimum Gasteiger partial charge on any atom is -0.337 e. The van der Waals surface area contributed by atoms with Crippen LogP contribution in [0.3, 0.4) is 0 Å². The van der Waals surface area contributed by atoms with Gasteiger partial charge in [-0.2, -0.15) is 0 Å². The van der Waals surface area contributed by atoms with Gasteiger partial charge >= 0.3 is 0 Å². The quantitative estimate of drug-likeness (QED) is 0.792. The van der Waals surface area contributed by atoms with E-state index in [0.29, 0.717) is 6.04 Å². The lowest BCUT2D eigenvalue weighted by molar-refractivity contribution is -0.127. The highest BCUT2D eigenvalue weighted by Gasteiger charge is 2.20. The molecule has 108 valence electrons. The molecule has 0 aromatic heterocycles. The fourth-order valence-electron chi connectivity index (χ4n) is 2.34. The van der Waals surface area contributed by atoms with Gasteiger partial charge in [-0.15, -0.1) is 0 Å². The van der Waals surface area contributed by atoms with Crippen LogP contribution in [0.4, 0.5) is 0 Å². The van der Waals surface area contributed by atoms with Gasteiger partial charge in [-0.1, -0.05) is 34.1 Å². The Morgan fingerprint density at radius 2 is 1.85 bits per heavy atom. The van der Waals surface area contributed by atoms with Gasteiger partial charge in [-0.3, -0.25) is 9.69 Å². The van der Waals surface area contributed by atoms with Gasteiger partial charge in [-0.25, -0.2) is 0 Å². The Kier molecular flexibility index (Phi) is 5.38. The van der Waals surface area contributed by atoms with E-state index in [-0.39, 0.29) is 5.91 Å². The van der Waals surface area contributed by atoms with E-state index >= 15 is 0 Å². The maximum Gasteiger partial charge on any atom is 0.246 e. The number of hydrogen-bond donors (Lipinski definition) is 0. The third-order valence-corrected chi connectivity index (χ3v) is 4.39. The minimum atomic E-state index is 0.101. The van der Waals surface area contributed by atoms with E-state index in [1.807, 2.05) is 35.2 Å². The van der Waals surface area contributed by atoms with Crippen LogP contribution in [0, 0.1) is 0 Å². The Morgan fingerprint density at radius 1 is 1.20 bits per heavy atom. The average Bonchev–Trinajstić information content (AvgIpc) is 2.46. The van der Waals surface area contributed by atoms with Crippen molar-refractivity contribution in [3.8, 4) is 0 Å². The summed E-state index contributed by atoms with van der Waals surface area (Å²) in [6.45, 7) is 7.96. The summed E-state index contributed by atoms with van der Waals surface area (Å²) in [5.74, 6) is 0.101. The molecule has 4 heteroatoms. The van der Waals surface area contributed by atoms with Gasteiger partial charge in [0.2, 0.25) is 5.91 Å². The first kappa shape index (κ1) is 15.3. The molecule has 1 saturated heterocycles. The van der Waals surface area contributed by atoms with E-state index in [9.17, 15) is 4.79 Å².